The number of allylic oxidation sites excluding steroid dienone is 2. The number of hydrogen-bond acceptors (Lipinski definition) is 1. The van der Waals surface area contributed by atoms with Gasteiger partial charge >= 0.3 is 0 Å². The number of rotatable bonds is 5. The van der Waals surface area contributed by atoms with Gasteiger partial charge in [-0.05, 0) is 72.7 Å². The van der Waals surface area contributed by atoms with Crippen LogP contribution in [0, 0.1) is 41.5 Å². The van der Waals surface area contributed by atoms with Gasteiger partial charge in [0.2, 0.25) is 6.71 Å². The van der Waals surface area contributed by atoms with Gasteiger partial charge < -0.3 is 0 Å². The highest BCUT2D eigenvalue weighted by Crippen LogP contribution is 2.31. The lowest BCUT2D eigenvalue weighted by atomic mass is 9.32. The van der Waals surface area contributed by atoms with Crippen molar-refractivity contribution in [2.75, 3.05) is 0 Å². The van der Waals surface area contributed by atoms with E-state index in [1.165, 1.54) is 62.7 Å². The molecule has 0 amide bonds. The first-order valence-corrected chi connectivity index (χ1v) is 12.2. The smallest absolute Gasteiger partial charge is 0.247 e. The number of carbonyl (C=O) groups is 1. The van der Waals surface area contributed by atoms with Crippen molar-refractivity contribution >= 4 is 23.4 Å². The molecule has 0 saturated heterocycles. The van der Waals surface area contributed by atoms with Gasteiger partial charge in [-0.3, -0.25) is 4.79 Å². The molecule has 3 aromatic carbocycles. The molecule has 1 saturated carbocycles. The second-order valence-corrected chi connectivity index (χ2v) is 9.98. The van der Waals surface area contributed by atoms with E-state index in [0.717, 1.165) is 23.9 Å². The van der Waals surface area contributed by atoms with Crippen LogP contribution in [0.15, 0.2) is 65.6 Å². The predicted molar refractivity (Wildman–Crippen MR) is 143 cm³/mol. The van der Waals surface area contributed by atoms with Crippen LogP contribution in [0.2, 0.25) is 0 Å². The molecule has 3 aromatic rings. The second kappa shape index (κ2) is 9.55. The quantitative estimate of drug-likeness (QED) is 0.257. The number of aryl methyl sites for hydroxylation is 6. The minimum atomic E-state index is -0.0491. The lowest BCUT2D eigenvalue weighted by molar-refractivity contribution is 0.104. The molecule has 4 rings (SSSR count). The highest BCUT2D eigenvalue weighted by molar-refractivity contribution is 6.95. The Morgan fingerprint density at radius 3 is 1.52 bits per heavy atom. The molecule has 0 bridgehead atoms. The highest BCUT2D eigenvalue weighted by Gasteiger charge is 2.36. The summed E-state index contributed by atoms with van der Waals surface area (Å²) in [5.41, 5.74) is 13.4. The Bertz CT molecular complexity index is 1120. The Morgan fingerprint density at radius 2 is 1.09 bits per heavy atom. The maximum absolute atomic E-state index is 14.2. The van der Waals surface area contributed by atoms with Crippen LogP contribution < -0.4 is 10.9 Å². The van der Waals surface area contributed by atoms with E-state index in [0.29, 0.717) is 0 Å². The molecule has 0 radical (unpaired) electrons. The van der Waals surface area contributed by atoms with Crippen LogP contribution in [0.25, 0.3) is 0 Å². The van der Waals surface area contributed by atoms with E-state index >= 15 is 0 Å². The number of benzene rings is 3. The maximum atomic E-state index is 14.2. The van der Waals surface area contributed by atoms with Gasteiger partial charge in [-0.25, -0.2) is 0 Å². The first-order valence-electron chi connectivity index (χ1n) is 12.2. The molecule has 2 heteroatoms. The van der Waals surface area contributed by atoms with Crippen LogP contribution in [0.1, 0.15) is 69.4 Å². The normalized spacial score (nSPS) is 13.3. The van der Waals surface area contributed by atoms with Gasteiger partial charge in [-0.15, -0.1) is 0 Å². The van der Waals surface area contributed by atoms with Crippen molar-refractivity contribution in [2.24, 2.45) is 0 Å². The molecule has 0 aromatic heterocycles. The molecule has 1 nitrogen and oxygen atoms in total. The summed E-state index contributed by atoms with van der Waals surface area (Å²) in [5.74, 6) is 0.191. The number of ketones is 1. The lowest BCUT2D eigenvalue weighted by Crippen LogP contribution is -2.51. The second-order valence-electron chi connectivity index (χ2n) is 9.98. The largest absolute Gasteiger partial charge is 0.290 e. The summed E-state index contributed by atoms with van der Waals surface area (Å²) in [6, 6.07) is 19.0. The molecule has 0 unspecified atom stereocenters. The van der Waals surface area contributed by atoms with E-state index in [1.807, 2.05) is 30.3 Å². The summed E-state index contributed by atoms with van der Waals surface area (Å²) in [5, 5.41) is 0. The fraction of sp³-hybridized carbons (Fsp3) is 0.323. The molecule has 0 heterocycles. The van der Waals surface area contributed by atoms with Crippen molar-refractivity contribution in [3.05, 3.63) is 105 Å². The van der Waals surface area contributed by atoms with Crippen LogP contribution in [0.5, 0.6) is 0 Å². The van der Waals surface area contributed by atoms with Crippen molar-refractivity contribution in [1.82, 2.24) is 0 Å². The van der Waals surface area contributed by atoms with Crippen molar-refractivity contribution < 1.29 is 4.79 Å². The van der Waals surface area contributed by atoms with E-state index in [-0.39, 0.29) is 12.5 Å². The summed E-state index contributed by atoms with van der Waals surface area (Å²) < 4.78 is 0. The number of carbonyl (C=O) groups excluding carboxylic acids is 1. The number of hydrogen-bond donors (Lipinski definition) is 0. The molecule has 0 N–H and O–H groups in total. The Hall–Kier alpha value is -2.87. The molecule has 1 aliphatic rings. The summed E-state index contributed by atoms with van der Waals surface area (Å²) in [6.45, 7) is 13.1. The van der Waals surface area contributed by atoms with Gasteiger partial charge in [-0.1, -0.05) is 104 Å². The maximum Gasteiger partial charge on any atom is 0.247 e. The van der Waals surface area contributed by atoms with Crippen LogP contribution in [-0.4, -0.2) is 12.5 Å². The van der Waals surface area contributed by atoms with Crippen LogP contribution in [0.4, 0.5) is 0 Å². The van der Waals surface area contributed by atoms with Gasteiger partial charge in [0.1, 0.15) is 0 Å². The van der Waals surface area contributed by atoms with Crippen LogP contribution >= 0.6 is 0 Å². The minimum Gasteiger partial charge on any atom is -0.290 e. The van der Waals surface area contributed by atoms with Crippen molar-refractivity contribution in [2.45, 2.75) is 67.2 Å². The zero-order chi connectivity index (χ0) is 23.7. The molecule has 1 fully saturated rings. The first-order chi connectivity index (χ1) is 15.8. The zero-order valence-corrected chi connectivity index (χ0v) is 21.0. The van der Waals surface area contributed by atoms with E-state index in [2.05, 4.69) is 65.8 Å². The van der Waals surface area contributed by atoms with Crippen LogP contribution in [0.3, 0.4) is 0 Å². The van der Waals surface area contributed by atoms with Crippen molar-refractivity contribution in [1.29, 1.82) is 0 Å². The number of Topliss-reactive ketones (excluding diaryl/α,β-unsaturated/α-hetero) is 1. The molecular weight excluding hydrogens is 399 g/mol. The SMILES string of the molecule is Cc1cc(C)c(B(C(C(=O)c2ccccc2)=C2CCCC2)c2c(C)cc(C)cc2C)c(C)c1. The Labute approximate surface area is 200 Å². The van der Waals surface area contributed by atoms with E-state index in [1.54, 1.807) is 0 Å². The highest BCUT2D eigenvalue weighted by atomic mass is 16.1. The fourth-order valence-corrected chi connectivity index (χ4v) is 6.04. The minimum absolute atomic E-state index is 0.0491. The van der Waals surface area contributed by atoms with Gasteiger partial charge in [0.15, 0.2) is 5.78 Å². The summed E-state index contributed by atoms with van der Waals surface area (Å²) >= 11 is 0. The van der Waals surface area contributed by atoms with Gasteiger partial charge in [0.25, 0.3) is 0 Å². The van der Waals surface area contributed by atoms with Crippen LogP contribution in [-0.2, 0) is 0 Å². The Balaban J connectivity index is 2.07. The van der Waals surface area contributed by atoms with E-state index in [9.17, 15) is 4.79 Å². The summed E-state index contributed by atoms with van der Waals surface area (Å²) in [7, 11) is 0. The van der Waals surface area contributed by atoms with Gasteiger partial charge in [-0.2, -0.15) is 0 Å². The third kappa shape index (κ3) is 4.62. The summed E-state index contributed by atoms with van der Waals surface area (Å²) in [6.07, 6.45) is 4.40. The van der Waals surface area contributed by atoms with E-state index < -0.39 is 0 Å². The van der Waals surface area contributed by atoms with Gasteiger partial charge in [0, 0.05) is 5.56 Å². The van der Waals surface area contributed by atoms with E-state index in [4.69, 9.17) is 0 Å². The predicted octanol–water partition coefficient (Wildman–Crippen LogP) is 6.44. The topological polar surface area (TPSA) is 17.1 Å². The average Bonchev–Trinajstić information content (AvgIpc) is 3.27. The average molecular weight is 434 g/mol. The molecule has 1 aliphatic carbocycles. The fourth-order valence-electron chi connectivity index (χ4n) is 6.04. The zero-order valence-electron chi connectivity index (χ0n) is 21.0. The third-order valence-corrected chi connectivity index (χ3v) is 7.21. The van der Waals surface area contributed by atoms with Gasteiger partial charge in [0.05, 0.1) is 0 Å². The molecular formula is C31H35BO. The molecule has 0 aliphatic heterocycles. The van der Waals surface area contributed by atoms with Crippen molar-refractivity contribution in [3.8, 4) is 0 Å². The van der Waals surface area contributed by atoms with Crippen molar-refractivity contribution in [3.63, 3.8) is 0 Å². The third-order valence-electron chi connectivity index (χ3n) is 7.21. The Morgan fingerprint density at radius 1 is 0.667 bits per heavy atom. The molecule has 168 valence electrons. The molecule has 0 spiro atoms. The standard InChI is InChI=1S/C31H35BO/c1-20-16-22(3)28(23(4)17-20)32(29-24(5)18-21(2)19-25(29)6)30(26-12-10-11-13-26)31(33)27-14-8-7-9-15-27/h7-9,14-19H,10-13H2,1-6H3. The lowest BCUT2D eigenvalue weighted by Gasteiger charge is -2.27. The monoisotopic (exact) mass is 434 g/mol. The first kappa shape index (κ1) is 23.3. The Kier molecular flexibility index (Phi) is 6.74. The molecule has 0 atom stereocenters. The molecule has 33 heavy (non-hydrogen) atoms. The summed E-state index contributed by atoms with van der Waals surface area (Å²) in [4.78, 5) is 14.2.